The van der Waals surface area contributed by atoms with Gasteiger partial charge in [0.2, 0.25) is 0 Å². The van der Waals surface area contributed by atoms with Crippen molar-refractivity contribution in [3.8, 4) is 5.69 Å². The van der Waals surface area contributed by atoms with Crippen LogP contribution in [0.4, 0.5) is 0 Å². The Bertz CT molecular complexity index is 507. The highest BCUT2D eigenvalue weighted by atomic mass is 16.5. The number of carbonyl (C=O) groups is 1. The number of aliphatic hydroxyl groups excluding tert-OH is 1. The van der Waals surface area contributed by atoms with Crippen LogP contribution in [-0.2, 0) is 9.53 Å². The summed E-state index contributed by atoms with van der Waals surface area (Å²) in [6.45, 7) is 0. The minimum absolute atomic E-state index is 0.403. The van der Waals surface area contributed by atoms with Crippen LogP contribution in [0.25, 0.3) is 5.69 Å². The van der Waals surface area contributed by atoms with E-state index in [2.05, 4.69) is 9.84 Å². The molecule has 88 valence electrons. The van der Waals surface area contributed by atoms with E-state index in [1.807, 2.05) is 30.3 Å². The van der Waals surface area contributed by atoms with Crippen molar-refractivity contribution < 1.29 is 14.6 Å². The number of esters is 1. The number of para-hydroxylation sites is 1. The summed E-state index contributed by atoms with van der Waals surface area (Å²) >= 11 is 0. The molecule has 1 heterocycles. The number of ether oxygens (including phenoxy) is 1. The van der Waals surface area contributed by atoms with Crippen molar-refractivity contribution in [2.45, 2.75) is 6.10 Å². The van der Waals surface area contributed by atoms with Crippen LogP contribution in [0.5, 0.6) is 0 Å². The summed E-state index contributed by atoms with van der Waals surface area (Å²) < 4.78 is 6.04. The Labute approximate surface area is 98.3 Å². The molecule has 0 aliphatic heterocycles. The van der Waals surface area contributed by atoms with Crippen LogP contribution in [0.1, 0.15) is 11.7 Å². The molecule has 0 radical (unpaired) electrons. The lowest BCUT2D eigenvalue weighted by Crippen LogP contribution is -2.12. The third-order valence-electron chi connectivity index (χ3n) is 2.36. The van der Waals surface area contributed by atoms with Gasteiger partial charge in [-0.3, -0.25) is 0 Å². The first-order valence-electron chi connectivity index (χ1n) is 5.08. The highest BCUT2D eigenvalue weighted by molar-refractivity contribution is 5.75. The van der Waals surface area contributed by atoms with Gasteiger partial charge in [0.1, 0.15) is 0 Å². The summed E-state index contributed by atoms with van der Waals surface area (Å²) in [5.41, 5.74) is 1.26. The van der Waals surface area contributed by atoms with E-state index in [0.29, 0.717) is 5.56 Å². The smallest absolute Gasteiger partial charge is 0.339 e. The molecule has 0 aliphatic carbocycles. The van der Waals surface area contributed by atoms with Crippen LogP contribution in [0.3, 0.4) is 0 Å². The second kappa shape index (κ2) is 4.80. The molecule has 0 saturated heterocycles. The van der Waals surface area contributed by atoms with Gasteiger partial charge in [0.05, 0.1) is 19.0 Å². The largest absolute Gasteiger partial charge is 0.467 e. The van der Waals surface area contributed by atoms with Crippen LogP contribution in [0.2, 0.25) is 0 Å². The fourth-order valence-corrected chi connectivity index (χ4v) is 1.45. The number of methoxy groups -OCH3 is 1. The predicted molar refractivity (Wildman–Crippen MR) is 60.5 cm³/mol. The molecule has 0 aliphatic rings. The van der Waals surface area contributed by atoms with Crippen LogP contribution >= 0.6 is 0 Å². The van der Waals surface area contributed by atoms with Gasteiger partial charge in [-0.2, -0.15) is 5.10 Å². The molecule has 5 heteroatoms. The first kappa shape index (κ1) is 11.3. The molecule has 1 N–H and O–H groups in total. The number of benzene rings is 1. The third kappa shape index (κ3) is 2.34. The standard InChI is InChI=1S/C12H12N2O3/c1-17-12(16)11(15)9-7-13-14(8-9)10-5-3-2-4-6-10/h2-8,11,15H,1H3. The fourth-order valence-electron chi connectivity index (χ4n) is 1.45. The topological polar surface area (TPSA) is 64.3 Å². The minimum atomic E-state index is -1.29. The summed E-state index contributed by atoms with van der Waals surface area (Å²) in [4.78, 5) is 11.1. The maximum Gasteiger partial charge on any atom is 0.339 e. The van der Waals surface area contributed by atoms with Crippen LogP contribution in [-0.4, -0.2) is 28.0 Å². The normalized spacial score (nSPS) is 12.1. The average molecular weight is 232 g/mol. The first-order chi connectivity index (χ1) is 8.22. The minimum Gasteiger partial charge on any atom is -0.467 e. The molecular weight excluding hydrogens is 220 g/mol. The van der Waals surface area contributed by atoms with Crippen molar-refractivity contribution in [2.75, 3.05) is 7.11 Å². The van der Waals surface area contributed by atoms with E-state index in [0.717, 1.165) is 5.69 Å². The predicted octanol–water partition coefficient (Wildman–Crippen LogP) is 1.08. The molecule has 0 bridgehead atoms. The van der Waals surface area contributed by atoms with Gasteiger partial charge in [0.15, 0.2) is 6.10 Å². The zero-order valence-electron chi connectivity index (χ0n) is 9.28. The Balaban J connectivity index is 2.25. The molecule has 2 rings (SSSR count). The Morgan fingerprint density at radius 3 is 2.76 bits per heavy atom. The van der Waals surface area contributed by atoms with Gasteiger partial charge in [-0.05, 0) is 12.1 Å². The van der Waals surface area contributed by atoms with Gasteiger partial charge in [0, 0.05) is 11.8 Å². The summed E-state index contributed by atoms with van der Waals surface area (Å²) in [6, 6.07) is 9.42. The summed E-state index contributed by atoms with van der Waals surface area (Å²) in [5.74, 6) is -0.697. The molecule has 1 aromatic heterocycles. The second-order valence-electron chi connectivity index (χ2n) is 3.48. The number of nitrogens with zero attached hydrogens (tertiary/aromatic N) is 2. The van der Waals surface area contributed by atoms with Gasteiger partial charge in [0.25, 0.3) is 0 Å². The fraction of sp³-hybridized carbons (Fsp3) is 0.167. The third-order valence-corrected chi connectivity index (χ3v) is 2.36. The highest BCUT2D eigenvalue weighted by Crippen LogP contribution is 2.15. The molecule has 0 amide bonds. The number of rotatable bonds is 3. The molecule has 0 saturated carbocycles. The van der Waals surface area contributed by atoms with Crippen LogP contribution < -0.4 is 0 Å². The summed E-state index contributed by atoms with van der Waals surface area (Å²) in [6.07, 6.45) is 1.74. The molecule has 2 aromatic rings. The maximum absolute atomic E-state index is 11.1. The number of aliphatic hydroxyl groups is 1. The molecule has 17 heavy (non-hydrogen) atoms. The van der Waals surface area contributed by atoms with E-state index in [4.69, 9.17) is 0 Å². The van der Waals surface area contributed by atoms with Crippen molar-refractivity contribution in [2.24, 2.45) is 0 Å². The molecule has 1 atom stereocenters. The molecule has 1 aromatic carbocycles. The number of carbonyl (C=O) groups excluding carboxylic acids is 1. The van der Waals surface area contributed by atoms with Gasteiger partial charge in [-0.15, -0.1) is 0 Å². The Hall–Kier alpha value is -2.14. The molecule has 1 unspecified atom stereocenters. The molecule has 0 fully saturated rings. The lowest BCUT2D eigenvalue weighted by molar-refractivity contribution is -0.150. The van der Waals surface area contributed by atoms with Gasteiger partial charge in [-0.1, -0.05) is 18.2 Å². The van der Waals surface area contributed by atoms with E-state index in [9.17, 15) is 9.90 Å². The molecule has 5 nitrogen and oxygen atoms in total. The van der Waals surface area contributed by atoms with E-state index in [1.165, 1.54) is 13.3 Å². The van der Waals surface area contributed by atoms with Crippen LogP contribution in [0.15, 0.2) is 42.7 Å². The van der Waals surface area contributed by atoms with Crippen molar-refractivity contribution in [3.63, 3.8) is 0 Å². The lowest BCUT2D eigenvalue weighted by atomic mass is 10.2. The molecular formula is C12H12N2O3. The Kier molecular flexibility index (Phi) is 3.20. The quantitative estimate of drug-likeness (QED) is 0.804. The van der Waals surface area contributed by atoms with Crippen molar-refractivity contribution in [1.29, 1.82) is 0 Å². The van der Waals surface area contributed by atoms with Gasteiger partial charge >= 0.3 is 5.97 Å². The number of hydrogen-bond acceptors (Lipinski definition) is 4. The number of aromatic nitrogens is 2. The highest BCUT2D eigenvalue weighted by Gasteiger charge is 2.19. The van der Waals surface area contributed by atoms with E-state index < -0.39 is 12.1 Å². The zero-order chi connectivity index (χ0) is 12.3. The Morgan fingerprint density at radius 2 is 2.12 bits per heavy atom. The van der Waals surface area contributed by atoms with Crippen LogP contribution in [0, 0.1) is 0 Å². The first-order valence-corrected chi connectivity index (χ1v) is 5.08. The van der Waals surface area contributed by atoms with Crippen molar-refractivity contribution >= 4 is 5.97 Å². The molecule has 0 spiro atoms. The monoisotopic (exact) mass is 232 g/mol. The lowest BCUT2D eigenvalue weighted by Gasteiger charge is -2.04. The number of hydrogen-bond donors (Lipinski definition) is 1. The van der Waals surface area contributed by atoms with Crippen molar-refractivity contribution in [1.82, 2.24) is 9.78 Å². The van der Waals surface area contributed by atoms with Crippen molar-refractivity contribution in [3.05, 3.63) is 48.3 Å². The average Bonchev–Trinajstić information content (AvgIpc) is 2.87. The summed E-state index contributed by atoms with van der Waals surface area (Å²) in [7, 11) is 1.23. The van der Waals surface area contributed by atoms with E-state index in [1.54, 1.807) is 10.9 Å². The maximum atomic E-state index is 11.1. The van der Waals surface area contributed by atoms with E-state index in [-0.39, 0.29) is 0 Å². The van der Waals surface area contributed by atoms with Gasteiger partial charge in [-0.25, -0.2) is 9.48 Å². The van der Waals surface area contributed by atoms with Gasteiger partial charge < -0.3 is 9.84 Å². The summed E-state index contributed by atoms with van der Waals surface area (Å²) in [5, 5.41) is 13.7. The van der Waals surface area contributed by atoms with E-state index >= 15 is 0 Å². The second-order valence-corrected chi connectivity index (χ2v) is 3.48. The Morgan fingerprint density at radius 1 is 1.41 bits per heavy atom. The zero-order valence-corrected chi connectivity index (χ0v) is 9.28. The SMILES string of the molecule is COC(=O)C(O)c1cnn(-c2ccccc2)c1.